The van der Waals surface area contributed by atoms with Gasteiger partial charge in [-0.1, -0.05) is 26.0 Å². The van der Waals surface area contributed by atoms with Crippen molar-refractivity contribution in [3.05, 3.63) is 41.5 Å². The average molecular weight is 291 g/mol. The van der Waals surface area contributed by atoms with E-state index < -0.39 is 5.97 Å². The summed E-state index contributed by atoms with van der Waals surface area (Å²) in [4.78, 5) is 22.2. The number of hydrogen-bond acceptors (Lipinski definition) is 3. The first-order valence-corrected chi connectivity index (χ1v) is 6.86. The molecular formula is C16H21NO4. The molecule has 5 nitrogen and oxygen atoms in total. The third kappa shape index (κ3) is 7.27. The van der Waals surface area contributed by atoms with Crippen LogP contribution in [-0.4, -0.2) is 36.7 Å². The molecule has 0 unspecified atom stereocenters. The fraction of sp³-hybridized carbons (Fsp3) is 0.375. The fourth-order valence-electron chi connectivity index (χ4n) is 1.57. The van der Waals surface area contributed by atoms with Crippen LogP contribution in [0.5, 0.6) is 0 Å². The number of carbonyl (C=O) groups is 2. The Morgan fingerprint density at radius 3 is 2.52 bits per heavy atom. The highest BCUT2D eigenvalue weighted by atomic mass is 16.5. The van der Waals surface area contributed by atoms with Gasteiger partial charge in [0.15, 0.2) is 0 Å². The summed E-state index contributed by atoms with van der Waals surface area (Å²) in [6.45, 7) is 5.77. The molecule has 1 rings (SSSR count). The van der Waals surface area contributed by atoms with Crippen molar-refractivity contribution in [2.24, 2.45) is 5.92 Å². The summed E-state index contributed by atoms with van der Waals surface area (Å²) in [5, 5.41) is 11.3. The lowest BCUT2D eigenvalue weighted by Crippen LogP contribution is -2.27. The van der Waals surface area contributed by atoms with Gasteiger partial charge in [0.25, 0.3) is 5.91 Å². The number of nitrogens with one attached hydrogen (secondary N) is 1. The number of carboxylic acid groups (broad SMARTS) is 1. The minimum Gasteiger partial charge on any atom is -0.478 e. The molecule has 0 aliphatic heterocycles. The molecule has 5 heteroatoms. The first-order valence-electron chi connectivity index (χ1n) is 6.86. The number of ether oxygens (including phenoxy) is 1. The van der Waals surface area contributed by atoms with Gasteiger partial charge in [-0.25, -0.2) is 4.79 Å². The van der Waals surface area contributed by atoms with Crippen LogP contribution in [0.25, 0.3) is 6.08 Å². The Hall–Kier alpha value is -2.14. The Morgan fingerprint density at radius 1 is 1.29 bits per heavy atom. The van der Waals surface area contributed by atoms with Crippen molar-refractivity contribution in [3.63, 3.8) is 0 Å². The monoisotopic (exact) mass is 291 g/mol. The molecule has 0 fully saturated rings. The van der Waals surface area contributed by atoms with Gasteiger partial charge in [0, 0.05) is 24.8 Å². The lowest BCUT2D eigenvalue weighted by Gasteiger charge is -2.08. The van der Waals surface area contributed by atoms with E-state index in [0.717, 1.165) is 11.6 Å². The van der Waals surface area contributed by atoms with Crippen molar-refractivity contribution in [1.82, 2.24) is 5.32 Å². The molecule has 0 atom stereocenters. The Balaban J connectivity index is 2.39. The predicted octanol–water partition coefficient (Wildman–Crippen LogP) is 2.19. The van der Waals surface area contributed by atoms with Gasteiger partial charge in [0.1, 0.15) is 0 Å². The lowest BCUT2D eigenvalue weighted by atomic mass is 10.1. The topological polar surface area (TPSA) is 75.6 Å². The largest absolute Gasteiger partial charge is 0.478 e. The third-order valence-corrected chi connectivity index (χ3v) is 2.57. The smallest absolute Gasteiger partial charge is 0.328 e. The maximum Gasteiger partial charge on any atom is 0.328 e. The Labute approximate surface area is 124 Å². The fourth-order valence-corrected chi connectivity index (χ4v) is 1.57. The van der Waals surface area contributed by atoms with Crippen molar-refractivity contribution in [2.45, 2.75) is 13.8 Å². The van der Waals surface area contributed by atoms with E-state index in [2.05, 4.69) is 19.2 Å². The van der Waals surface area contributed by atoms with E-state index in [-0.39, 0.29) is 5.91 Å². The van der Waals surface area contributed by atoms with Crippen molar-refractivity contribution in [2.75, 3.05) is 19.8 Å². The van der Waals surface area contributed by atoms with Gasteiger partial charge in [-0.3, -0.25) is 4.79 Å². The quantitative estimate of drug-likeness (QED) is 0.568. The van der Waals surface area contributed by atoms with Crippen molar-refractivity contribution in [1.29, 1.82) is 0 Å². The van der Waals surface area contributed by atoms with Crippen LogP contribution >= 0.6 is 0 Å². The highest BCUT2D eigenvalue weighted by molar-refractivity contribution is 5.94. The second-order valence-electron chi connectivity index (χ2n) is 5.02. The van der Waals surface area contributed by atoms with Gasteiger partial charge in [-0.15, -0.1) is 0 Å². The second-order valence-corrected chi connectivity index (χ2v) is 5.02. The van der Waals surface area contributed by atoms with Gasteiger partial charge in [0.2, 0.25) is 0 Å². The number of carboxylic acids is 1. The number of rotatable bonds is 8. The molecule has 1 aromatic rings. The maximum absolute atomic E-state index is 11.8. The molecule has 0 saturated heterocycles. The summed E-state index contributed by atoms with van der Waals surface area (Å²) in [5.41, 5.74) is 1.26. The molecule has 0 spiro atoms. The molecule has 0 heterocycles. The molecule has 0 aliphatic rings. The van der Waals surface area contributed by atoms with Crippen LogP contribution in [0.15, 0.2) is 30.3 Å². The van der Waals surface area contributed by atoms with Crippen LogP contribution < -0.4 is 5.32 Å². The predicted molar refractivity (Wildman–Crippen MR) is 81.1 cm³/mol. The minimum atomic E-state index is -1.00. The Morgan fingerprint density at radius 2 is 1.95 bits per heavy atom. The summed E-state index contributed by atoms with van der Waals surface area (Å²) in [7, 11) is 0. The normalized spacial score (nSPS) is 11.0. The summed E-state index contributed by atoms with van der Waals surface area (Å²) in [6.07, 6.45) is 2.53. The number of aliphatic carboxylic acids is 1. The van der Waals surface area contributed by atoms with E-state index >= 15 is 0 Å². The van der Waals surface area contributed by atoms with Crippen molar-refractivity contribution in [3.8, 4) is 0 Å². The molecule has 0 saturated carbocycles. The molecule has 2 N–H and O–H groups in total. The van der Waals surface area contributed by atoms with Crippen LogP contribution in [0.2, 0.25) is 0 Å². The third-order valence-electron chi connectivity index (χ3n) is 2.57. The first-order chi connectivity index (χ1) is 9.99. The van der Waals surface area contributed by atoms with Crippen molar-refractivity contribution < 1.29 is 19.4 Å². The Bertz CT molecular complexity index is 492. The number of amides is 1. The lowest BCUT2D eigenvalue weighted by molar-refractivity contribution is -0.131. The second kappa shape index (κ2) is 8.92. The first kappa shape index (κ1) is 16.9. The van der Waals surface area contributed by atoms with Crippen LogP contribution in [0.3, 0.4) is 0 Å². The van der Waals surface area contributed by atoms with Gasteiger partial charge in [-0.2, -0.15) is 0 Å². The van der Waals surface area contributed by atoms with Gasteiger partial charge < -0.3 is 15.2 Å². The molecular weight excluding hydrogens is 270 g/mol. The summed E-state index contributed by atoms with van der Waals surface area (Å²) < 4.78 is 5.38. The van der Waals surface area contributed by atoms with E-state index in [1.54, 1.807) is 24.3 Å². The SMILES string of the molecule is CC(C)COCCNC(=O)c1ccc(/C=C/C(=O)O)cc1. The molecule has 114 valence electrons. The number of hydrogen-bond donors (Lipinski definition) is 2. The van der Waals surface area contributed by atoms with Crippen LogP contribution in [0, 0.1) is 5.92 Å². The van der Waals surface area contributed by atoms with Crippen LogP contribution in [-0.2, 0) is 9.53 Å². The molecule has 0 aromatic heterocycles. The molecule has 1 aromatic carbocycles. The van der Waals surface area contributed by atoms with Crippen molar-refractivity contribution >= 4 is 18.0 Å². The maximum atomic E-state index is 11.8. The van der Waals surface area contributed by atoms with E-state index in [1.165, 1.54) is 6.08 Å². The molecule has 0 bridgehead atoms. The highest BCUT2D eigenvalue weighted by Crippen LogP contribution is 2.06. The van der Waals surface area contributed by atoms with Crippen LogP contribution in [0.1, 0.15) is 29.8 Å². The highest BCUT2D eigenvalue weighted by Gasteiger charge is 2.04. The van der Waals surface area contributed by atoms with E-state index in [9.17, 15) is 9.59 Å². The number of benzene rings is 1. The summed E-state index contributed by atoms with van der Waals surface area (Å²) >= 11 is 0. The van der Waals surface area contributed by atoms with Gasteiger partial charge >= 0.3 is 5.97 Å². The average Bonchev–Trinajstić information content (AvgIpc) is 2.44. The van der Waals surface area contributed by atoms with E-state index in [0.29, 0.717) is 31.2 Å². The minimum absolute atomic E-state index is 0.170. The zero-order valence-electron chi connectivity index (χ0n) is 12.3. The zero-order chi connectivity index (χ0) is 15.7. The summed E-state index contributed by atoms with van der Waals surface area (Å²) in [5.74, 6) is -0.692. The molecule has 1 amide bonds. The molecule has 0 aliphatic carbocycles. The van der Waals surface area contributed by atoms with Gasteiger partial charge in [-0.05, 0) is 29.7 Å². The Kier molecular flexibility index (Phi) is 7.18. The van der Waals surface area contributed by atoms with Gasteiger partial charge in [0.05, 0.1) is 6.61 Å². The molecule has 0 radical (unpaired) electrons. The molecule has 21 heavy (non-hydrogen) atoms. The number of carbonyl (C=O) groups excluding carboxylic acids is 1. The van der Waals surface area contributed by atoms with E-state index in [1.807, 2.05) is 0 Å². The summed E-state index contributed by atoms with van der Waals surface area (Å²) in [6, 6.07) is 6.71. The standard InChI is InChI=1S/C16H21NO4/c1-12(2)11-21-10-9-17-16(20)14-6-3-13(4-7-14)5-8-15(18)19/h3-8,12H,9-11H2,1-2H3,(H,17,20)(H,18,19)/b8-5+. The van der Waals surface area contributed by atoms with Crippen LogP contribution in [0.4, 0.5) is 0 Å². The zero-order valence-corrected chi connectivity index (χ0v) is 12.3. The van der Waals surface area contributed by atoms with E-state index in [4.69, 9.17) is 9.84 Å².